The molecule has 1 aromatic rings. The molecule has 0 amide bonds. The molecule has 0 radical (unpaired) electrons. The van der Waals surface area contributed by atoms with Gasteiger partial charge in [-0.3, -0.25) is 10.1 Å². The van der Waals surface area contributed by atoms with Crippen LogP contribution in [0.2, 0.25) is 0 Å². The molecular formula is C9H14ClN3O3. The minimum absolute atomic E-state index is 0. The SMILES string of the molecule is Cl.NCC[C@@H](N)c1cc(O)ccc1[N+](=O)[O-]. The van der Waals surface area contributed by atoms with Gasteiger partial charge in [-0.05, 0) is 25.1 Å². The number of nitrogens with two attached hydrogens (primary N) is 2. The molecule has 5 N–H and O–H groups in total. The lowest BCUT2D eigenvalue weighted by Gasteiger charge is -2.11. The average Bonchev–Trinajstić information content (AvgIpc) is 2.17. The van der Waals surface area contributed by atoms with E-state index in [-0.39, 0.29) is 23.8 Å². The summed E-state index contributed by atoms with van der Waals surface area (Å²) < 4.78 is 0. The van der Waals surface area contributed by atoms with Crippen LogP contribution in [0, 0.1) is 10.1 Å². The Balaban J connectivity index is 0.00000225. The third-order valence-corrected chi connectivity index (χ3v) is 2.08. The van der Waals surface area contributed by atoms with Gasteiger partial charge in [-0.1, -0.05) is 0 Å². The molecule has 0 spiro atoms. The molecule has 90 valence electrons. The Morgan fingerprint density at radius 1 is 1.50 bits per heavy atom. The summed E-state index contributed by atoms with van der Waals surface area (Å²) in [7, 11) is 0. The first-order chi connectivity index (χ1) is 7.06. The summed E-state index contributed by atoms with van der Waals surface area (Å²) in [6.45, 7) is 0.341. The summed E-state index contributed by atoms with van der Waals surface area (Å²) in [6.07, 6.45) is 0.435. The Bertz CT molecular complexity index is 373. The first-order valence-corrected chi connectivity index (χ1v) is 4.49. The molecule has 1 atom stereocenters. The van der Waals surface area contributed by atoms with Gasteiger partial charge >= 0.3 is 0 Å². The van der Waals surface area contributed by atoms with Crippen LogP contribution in [0.3, 0.4) is 0 Å². The number of phenolic OH excluding ortho intramolecular Hbond substituents is 1. The molecule has 0 aromatic heterocycles. The third kappa shape index (κ3) is 3.34. The van der Waals surface area contributed by atoms with Crippen LogP contribution in [0.5, 0.6) is 5.75 Å². The van der Waals surface area contributed by atoms with Crippen LogP contribution in [0.4, 0.5) is 5.69 Å². The zero-order valence-corrected chi connectivity index (χ0v) is 9.31. The predicted molar refractivity (Wildman–Crippen MR) is 62.6 cm³/mol. The lowest BCUT2D eigenvalue weighted by Crippen LogP contribution is -2.16. The molecule has 6 nitrogen and oxygen atoms in total. The predicted octanol–water partition coefficient (Wildman–Crippen LogP) is 1.07. The third-order valence-electron chi connectivity index (χ3n) is 2.08. The summed E-state index contributed by atoms with van der Waals surface area (Å²) in [5, 5.41) is 19.9. The minimum atomic E-state index is -0.525. The minimum Gasteiger partial charge on any atom is -0.508 e. The highest BCUT2D eigenvalue weighted by Gasteiger charge is 2.19. The van der Waals surface area contributed by atoms with Gasteiger partial charge in [0.1, 0.15) is 5.75 Å². The van der Waals surface area contributed by atoms with Crippen LogP contribution >= 0.6 is 12.4 Å². The Kier molecular flexibility index (Phi) is 5.73. The van der Waals surface area contributed by atoms with E-state index in [1.165, 1.54) is 18.2 Å². The van der Waals surface area contributed by atoms with Crippen LogP contribution in [0.25, 0.3) is 0 Å². The topological polar surface area (TPSA) is 115 Å². The molecule has 0 heterocycles. The highest BCUT2D eigenvalue weighted by molar-refractivity contribution is 5.85. The van der Waals surface area contributed by atoms with Crippen LogP contribution < -0.4 is 11.5 Å². The molecule has 16 heavy (non-hydrogen) atoms. The molecule has 0 saturated heterocycles. The average molecular weight is 248 g/mol. The Morgan fingerprint density at radius 2 is 2.12 bits per heavy atom. The monoisotopic (exact) mass is 247 g/mol. The molecule has 7 heteroatoms. The number of hydrogen-bond acceptors (Lipinski definition) is 5. The highest BCUT2D eigenvalue weighted by atomic mass is 35.5. The van der Waals surface area contributed by atoms with E-state index in [4.69, 9.17) is 11.5 Å². The molecule has 0 unspecified atom stereocenters. The van der Waals surface area contributed by atoms with Gasteiger partial charge in [0.15, 0.2) is 0 Å². The van der Waals surface area contributed by atoms with Crippen LogP contribution in [0.1, 0.15) is 18.0 Å². The molecule has 0 fully saturated rings. The summed E-state index contributed by atoms with van der Waals surface area (Å²) in [5.41, 5.74) is 11.3. The smallest absolute Gasteiger partial charge is 0.274 e. The van der Waals surface area contributed by atoms with Crippen molar-refractivity contribution in [3.05, 3.63) is 33.9 Å². The standard InChI is InChI=1S/C9H13N3O3.ClH/c10-4-3-8(11)7-5-6(13)1-2-9(7)12(14)15;/h1-2,5,8,13H,3-4,10-11H2;1H/t8-;/m1./s1. The van der Waals surface area contributed by atoms with Gasteiger partial charge in [-0.2, -0.15) is 0 Å². The van der Waals surface area contributed by atoms with Crippen molar-refractivity contribution in [2.24, 2.45) is 11.5 Å². The van der Waals surface area contributed by atoms with Crippen molar-refractivity contribution in [2.45, 2.75) is 12.5 Å². The summed E-state index contributed by atoms with van der Waals surface area (Å²) in [5.74, 6) is -0.0388. The largest absolute Gasteiger partial charge is 0.508 e. The number of hydrogen-bond donors (Lipinski definition) is 3. The maximum Gasteiger partial charge on any atom is 0.274 e. The van der Waals surface area contributed by atoms with Crippen molar-refractivity contribution in [2.75, 3.05) is 6.54 Å². The number of nitro benzene ring substituents is 1. The number of nitro groups is 1. The van der Waals surface area contributed by atoms with Gasteiger partial charge in [0.05, 0.1) is 10.5 Å². The molecule has 0 aliphatic rings. The first kappa shape index (κ1) is 14.6. The van der Waals surface area contributed by atoms with Crippen molar-refractivity contribution < 1.29 is 10.0 Å². The molecule has 1 rings (SSSR count). The second kappa shape index (κ2) is 6.26. The quantitative estimate of drug-likeness (QED) is 0.544. The number of benzene rings is 1. The van der Waals surface area contributed by atoms with Crippen molar-refractivity contribution in [1.82, 2.24) is 0 Å². The van der Waals surface area contributed by atoms with Crippen molar-refractivity contribution in [3.63, 3.8) is 0 Å². The number of aromatic hydroxyl groups is 1. The summed E-state index contributed by atoms with van der Waals surface area (Å²) >= 11 is 0. The molecule has 0 saturated carbocycles. The van der Waals surface area contributed by atoms with Gasteiger partial charge in [0, 0.05) is 12.1 Å². The van der Waals surface area contributed by atoms with Crippen molar-refractivity contribution in [1.29, 1.82) is 0 Å². The fourth-order valence-electron chi connectivity index (χ4n) is 1.34. The molecule has 0 aliphatic carbocycles. The fraction of sp³-hybridized carbons (Fsp3) is 0.333. The second-order valence-corrected chi connectivity index (χ2v) is 3.18. The Hall–Kier alpha value is -1.37. The normalized spacial score (nSPS) is 11.6. The number of nitrogens with zero attached hydrogens (tertiary/aromatic N) is 1. The lowest BCUT2D eigenvalue weighted by atomic mass is 10.0. The van der Waals surface area contributed by atoms with E-state index >= 15 is 0 Å². The van der Waals surface area contributed by atoms with Crippen LogP contribution in [-0.4, -0.2) is 16.6 Å². The van der Waals surface area contributed by atoms with E-state index in [0.29, 0.717) is 18.5 Å². The maximum absolute atomic E-state index is 10.7. The van der Waals surface area contributed by atoms with Gasteiger partial charge in [0.25, 0.3) is 5.69 Å². The molecular weight excluding hydrogens is 234 g/mol. The highest BCUT2D eigenvalue weighted by Crippen LogP contribution is 2.28. The van der Waals surface area contributed by atoms with E-state index < -0.39 is 11.0 Å². The molecule has 0 bridgehead atoms. The van der Waals surface area contributed by atoms with Crippen molar-refractivity contribution in [3.8, 4) is 5.75 Å². The van der Waals surface area contributed by atoms with Gasteiger partial charge in [0.2, 0.25) is 0 Å². The van der Waals surface area contributed by atoms with E-state index in [9.17, 15) is 15.2 Å². The van der Waals surface area contributed by atoms with Crippen molar-refractivity contribution >= 4 is 18.1 Å². The van der Waals surface area contributed by atoms with Gasteiger partial charge in [-0.25, -0.2) is 0 Å². The summed E-state index contributed by atoms with van der Waals surface area (Å²) in [4.78, 5) is 10.2. The molecule has 1 aromatic carbocycles. The fourth-order valence-corrected chi connectivity index (χ4v) is 1.34. The van der Waals surface area contributed by atoms with E-state index in [2.05, 4.69) is 0 Å². The molecule has 0 aliphatic heterocycles. The second-order valence-electron chi connectivity index (χ2n) is 3.18. The zero-order valence-electron chi connectivity index (χ0n) is 8.50. The van der Waals surface area contributed by atoms with Gasteiger partial charge in [-0.15, -0.1) is 12.4 Å². The Morgan fingerprint density at radius 3 is 2.62 bits per heavy atom. The first-order valence-electron chi connectivity index (χ1n) is 4.49. The lowest BCUT2D eigenvalue weighted by molar-refractivity contribution is -0.385. The van der Waals surface area contributed by atoms with E-state index in [1.807, 2.05) is 0 Å². The number of halogens is 1. The number of rotatable bonds is 4. The zero-order chi connectivity index (χ0) is 11.4. The van der Waals surface area contributed by atoms with Crippen LogP contribution in [-0.2, 0) is 0 Å². The van der Waals surface area contributed by atoms with E-state index in [0.717, 1.165) is 0 Å². The van der Waals surface area contributed by atoms with Gasteiger partial charge < -0.3 is 16.6 Å². The van der Waals surface area contributed by atoms with E-state index in [1.54, 1.807) is 0 Å². The maximum atomic E-state index is 10.7. The summed E-state index contributed by atoms with van der Waals surface area (Å²) in [6, 6.07) is 3.28. The number of phenols is 1. The Labute approximate surface area is 98.8 Å². The van der Waals surface area contributed by atoms with Crippen LogP contribution in [0.15, 0.2) is 18.2 Å².